The van der Waals surface area contributed by atoms with Gasteiger partial charge in [-0.25, -0.2) is 8.78 Å². The van der Waals surface area contributed by atoms with Gasteiger partial charge in [0.2, 0.25) is 0 Å². The topological polar surface area (TPSA) is 12.0 Å². The lowest BCUT2D eigenvalue weighted by atomic mass is 10.1. The van der Waals surface area contributed by atoms with Gasteiger partial charge in [0.15, 0.2) is 0 Å². The van der Waals surface area contributed by atoms with Crippen LogP contribution >= 0.6 is 0 Å². The largest absolute Gasteiger partial charge is 0.309 e. The van der Waals surface area contributed by atoms with Crippen molar-refractivity contribution < 1.29 is 8.78 Å². The number of rotatable bonds is 0. The van der Waals surface area contributed by atoms with Gasteiger partial charge in [-0.1, -0.05) is 0 Å². The molecule has 1 aliphatic rings. The molecule has 3 heteroatoms. The highest BCUT2D eigenvalue weighted by molar-refractivity contribution is 4.77. The molecule has 1 atom stereocenters. The molecule has 1 heterocycles. The van der Waals surface area contributed by atoms with Crippen molar-refractivity contribution in [2.75, 3.05) is 6.54 Å². The summed E-state index contributed by atoms with van der Waals surface area (Å²) in [5.74, 6) is -2.47. The smallest absolute Gasteiger partial charge is 0.260 e. The Morgan fingerprint density at radius 1 is 1.50 bits per heavy atom. The molecule has 1 nitrogen and oxygen atoms in total. The van der Waals surface area contributed by atoms with E-state index in [1.165, 1.54) is 0 Å². The Labute approximate surface area is 59.8 Å². The summed E-state index contributed by atoms with van der Waals surface area (Å²) in [6.45, 7) is 1.80. The summed E-state index contributed by atoms with van der Waals surface area (Å²) in [5.41, 5.74) is 0. The predicted octanol–water partition coefficient (Wildman–Crippen LogP) is 1.78. The van der Waals surface area contributed by atoms with Crippen molar-refractivity contribution in [2.45, 2.75) is 38.2 Å². The molecule has 1 unspecified atom stereocenters. The lowest BCUT2D eigenvalue weighted by molar-refractivity contribution is -0.00239. The molecule has 1 saturated heterocycles. The van der Waals surface area contributed by atoms with Gasteiger partial charge >= 0.3 is 0 Å². The van der Waals surface area contributed by atoms with E-state index in [0.29, 0.717) is 6.42 Å². The minimum absolute atomic E-state index is 0.0460. The van der Waals surface area contributed by atoms with E-state index in [1.807, 2.05) is 6.92 Å². The van der Waals surface area contributed by atoms with E-state index in [0.717, 1.165) is 6.42 Å². The zero-order valence-electron chi connectivity index (χ0n) is 6.16. The van der Waals surface area contributed by atoms with Crippen LogP contribution in [-0.4, -0.2) is 18.5 Å². The zero-order valence-corrected chi connectivity index (χ0v) is 6.16. The van der Waals surface area contributed by atoms with Gasteiger partial charge in [-0.3, -0.25) is 0 Å². The third-order valence-corrected chi connectivity index (χ3v) is 1.89. The van der Waals surface area contributed by atoms with Crippen LogP contribution < -0.4 is 5.32 Å². The molecule has 0 aromatic rings. The van der Waals surface area contributed by atoms with E-state index in [4.69, 9.17) is 0 Å². The van der Waals surface area contributed by atoms with Crippen molar-refractivity contribution in [3.8, 4) is 0 Å². The molecule has 1 fully saturated rings. The van der Waals surface area contributed by atoms with Gasteiger partial charge < -0.3 is 5.32 Å². The fourth-order valence-electron chi connectivity index (χ4n) is 1.18. The second-order valence-electron chi connectivity index (χ2n) is 3.03. The Bertz CT molecular complexity index is 114. The first-order chi connectivity index (χ1) is 4.60. The zero-order chi connectivity index (χ0) is 7.61. The van der Waals surface area contributed by atoms with Crippen LogP contribution in [0.3, 0.4) is 0 Å². The van der Waals surface area contributed by atoms with Gasteiger partial charge in [0, 0.05) is 12.5 Å². The minimum atomic E-state index is -2.47. The van der Waals surface area contributed by atoms with Crippen molar-refractivity contribution in [3.05, 3.63) is 0 Å². The first-order valence-corrected chi connectivity index (χ1v) is 3.71. The second-order valence-corrected chi connectivity index (χ2v) is 3.03. The molecule has 0 spiro atoms. The molecular weight excluding hydrogens is 136 g/mol. The molecule has 1 aliphatic heterocycles. The van der Waals surface area contributed by atoms with Gasteiger partial charge in [-0.05, 0) is 19.8 Å². The fraction of sp³-hybridized carbons (Fsp3) is 1.00. The lowest BCUT2D eigenvalue weighted by Crippen LogP contribution is -2.34. The van der Waals surface area contributed by atoms with E-state index >= 15 is 0 Å². The molecule has 0 aromatic heterocycles. The third kappa shape index (κ3) is 2.21. The van der Waals surface area contributed by atoms with Crippen LogP contribution in [0.25, 0.3) is 0 Å². The Hall–Kier alpha value is -0.180. The lowest BCUT2D eigenvalue weighted by Gasteiger charge is -2.13. The van der Waals surface area contributed by atoms with Gasteiger partial charge in [-0.15, -0.1) is 0 Å². The average Bonchev–Trinajstić information content (AvgIpc) is 1.94. The monoisotopic (exact) mass is 149 g/mol. The first kappa shape index (κ1) is 7.92. The summed E-state index contributed by atoms with van der Waals surface area (Å²) in [7, 11) is 0. The van der Waals surface area contributed by atoms with Gasteiger partial charge in [0.05, 0.1) is 6.54 Å². The highest BCUT2D eigenvalue weighted by atomic mass is 19.3. The predicted molar refractivity (Wildman–Crippen MR) is 36.3 cm³/mol. The maximum Gasteiger partial charge on any atom is 0.260 e. The first-order valence-electron chi connectivity index (χ1n) is 3.71. The van der Waals surface area contributed by atoms with E-state index in [-0.39, 0.29) is 19.0 Å². The Morgan fingerprint density at radius 2 is 2.20 bits per heavy atom. The summed E-state index contributed by atoms with van der Waals surface area (Å²) in [5, 5.41) is 2.78. The highest BCUT2D eigenvalue weighted by Crippen LogP contribution is 2.23. The van der Waals surface area contributed by atoms with Crippen LogP contribution in [0.1, 0.15) is 26.2 Å². The van der Waals surface area contributed by atoms with E-state index < -0.39 is 5.92 Å². The molecule has 0 amide bonds. The maximum atomic E-state index is 12.6. The number of hydrogen-bond donors (Lipinski definition) is 1. The molecule has 10 heavy (non-hydrogen) atoms. The molecule has 0 aliphatic carbocycles. The van der Waals surface area contributed by atoms with Crippen LogP contribution in [0.15, 0.2) is 0 Å². The summed E-state index contributed by atoms with van der Waals surface area (Å²) < 4.78 is 25.2. The quantitative estimate of drug-likeness (QED) is 0.553. The molecule has 0 radical (unpaired) electrons. The van der Waals surface area contributed by atoms with Crippen molar-refractivity contribution in [1.29, 1.82) is 0 Å². The van der Waals surface area contributed by atoms with Gasteiger partial charge in [-0.2, -0.15) is 0 Å². The normalized spacial score (nSPS) is 33.3. The Kier molecular flexibility index (Phi) is 2.24. The standard InChI is InChI=1S/C7H13F2N/c1-6-3-2-4-7(8,9)5-10-6/h6,10H,2-5H2,1H3. The minimum Gasteiger partial charge on any atom is -0.309 e. The average molecular weight is 149 g/mol. The molecule has 1 rings (SSSR count). The molecule has 0 aromatic carbocycles. The van der Waals surface area contributed by atoms with Gasteiger partial charge in [0.1, 0.15) is 0 Å². The van der Waals surface area contributed by atoms with Crippen molar-refractivity contribution >= 4 is 0 Å². The van der Waals surface area contributed by atoms with Crippen LogP contribution in [0.5, 0.6) is 0 Å². The summed E-state index contributed by atoms with van der Waals surface area (Å²) >= 11 is 0. The second kappa shape index (κ2) is 2.82. The molecule has 0 saturated carbocycles. The fourth-order valence-corrected chi connectivity index (χ4v) is 1.18. The van der Waals surface area contributed by atoms with Gasteiger partial charge in [0.25, 0.3) is 5.92 Å². The van der Waals surface area contributed by atoms with E-state index in [2.05, 4.69) is 5.32 Å². The van der Waals surface area contributed by atoms with Crippen molar-refractivity contribution in [1.82, 2.24) is 5.32 Å². The van der Waals surface area contributed by atoms with Crippen molar-refractivity contribution in [3.63, 3.8) is 0 Å². The maximum absolute atomic E-state index is 12.6. The van der Waals surface area contributed by atoms with Crippen LogP contribution in [0, 0.1) is 0 Å². The highest BCUT2D eigenvalue weighted by Gasteiger charge is 2.30. The Balaban J connectivity index is 2.41. The number of hydrogen-bond acceptors (Lipinski definition) is 1. The molecular formula is C7H13F2N. The summed E-state index contributed by atoms with van der Waals surface area (Å²) in [6.07, 6.45) is 1.56. The molecule has 60 valence electrons. The summed E-state index contributed by atoms with van der Waals surface area (Å²) in [4.78, 5) is 0. The number of nitrogens with one attached hydrogen (secondary N) is 1. The SMILES string of the molecule is CC1CCCC(F)(F)CN1. The third-order valence-electron chi connectivity index (χ3n) is 1.89. The van der Waals surface area contributed by atoms with E-state index in [9.17, 15) is 8.78 Å². The van der Waals surface area contributed by atoms with Crippen LogP contribution in [0.2, 0.25) is 0 Å². The van der Waals surface area contributed by atoms with Crippen LogP contribution in [0.4, 0.5) is 8.78 Å². The number of halogens is 2. The van der Waals surface area contributed by atoms with E-state index in [1.54, 1.807) is 0 Å². The number of alkyl halides is 2. The molecule has 0 bridgehead atoms. The van der Waals surface area contributed by atoms with Crippen molar-refractivity contribution in [2.24, 2.45) is 0 Å². The van der Waals surface area contributed by atoms with Crippen LogP contribution in [-0.2, 0) is 0 Å². The molecule has 1 N–H and O–H groups in total. The Morgan fingerprint density at radius 3 is 2.90 bits per heavy atom. The summed E-state index contributed by atoms with van der Waals surface area (Å²) in [6, 6.07) is 0.258.